The van der Waals surface area contributed by atoms with Crippen LogP contribution in [-0.2, 0) is 32.1 Å². The third-order valence-corrected chi connectivity index (χ3v) is 15.4. The predicted octanol–water partition coefficient (Wildman–Crippen LogP) is 16.3. The van der Waals surface area contributed by atoms with Crippen LogP contribution in [0.5, 0.6) is 0 Å². The molecule has 1 aliphatic rings. The summed E-state index contributed by atoms with van der Waals surface area (Å²) in [7, 11) is 0. The number of hydrogen-bond acceptors (Lipinski definition) is 4. The van der Waals surface area contributed by atoms with Crippen molar-refractivity contribution < 1.29 is 0 Å². The van der Waals surface area contributed by atoms with Gasteiger partial charge in [-0.25, -0.2) is 0 Å². The molecule has 0 aliphatic carbocycles. The Labute approximate surface area is 329 Å². The molecule has 0 spiro atoms. The Balaban J connectivity index is 1.35. The molecular formula is C46H58BrNS3. The highest BCUT2D eigenvalue weighted by Gasteiger charge is 2.23. The summed E-state index contributed by atoms with van der Waals surface area (Å²) in [6, 6.07) is 24.0. The summed E-state index contributed by atoms with van der Waals surface area (Å²) in [5.74, 6) is 0. The zero-order valence-electron chi connectivity index (χ0n) is 31.6. The Morgan fingerprint density at radius 2 is 1.06 bits per heavy atom. The fourth-order valence-electron chi connectivity index (χ4n) is 7.74. The van der Waals surface area contributed by atoms with Crippen LogP contribution in [0.2, 0.25) is 0 Å². The topological polar surface area (TPSA) is 3.24 Å². The van der Waals surface area contributed by atoms with Gasteiger partial charge in [0.05, 0.1) is 3.79 Å². The highest BCUT2D eigenvalue weighted by molar-refractivity contribution is 9.11. The Morgan fingerprint density at radius 3 is 1.71 bits per heavy atom. The molecule has 5 heteroatoms. The summed E-state index contributed by atoms with van der Waals surface area (Å²) in [4.78, 5) is 9.92. The number of fused-ring (bicyclic) bond motifs is 2. The number of unbranched alkanes of at least 4 members (excludes halogenated alkanes) is 9. The van der Waals surface area contributed by atoms with Gasteiger partial charge in [-0.1, -0.05) is 103 Å². The van der Waals surface area contributed by atoms with Crippen molar-refractivity contribution >= 4 is 61.3 Å². The SMILES string of the molecule is CCCCCCc1cc(-c2sc(-c3sc(-c4ccc5c(c4)CCc4ccccc4N5CC)cc3CCCCCC)cc2CCCCCC)sc1Br. The lowest BCUT2D eigenvalue weighted by Crippen LogP contribution is -2.17. The molecule has 1 aliphatic heterocycles. The van der Waals surface area contributed by atoms with Crippen LogP contribution in [0.4, 0.5) is 11.4 Å². The molecule has 6 rings (SSSR count). The van der Waals surface area contributed by atoms with Crippen LogP contribution in [0.3, 0.4) is 0 Å². The van der Waals surface area contributed by atoms with E-state index in [9.17, 15) is 0 Å². The van der Waals surface area contributed by atoms with Gasteiger partial charge in [0.1, 0.15) is 0 Å². The van der Waals surface area contributed by atoms with E-state index in [4.69, 9.17) is 0 Å². The lowest BCUT2D eigenvalue weighted by atomic mass is 10.0. The number of anilines is 2. The Bertz CT molecular complexity index is 1840. The van der Waals surface area contributed by atoms with Crippen LogP contribution in [0.1, 0.15) is 133 Å². The van der Waals surface area contributed by atoms with Gasteiger partial charge < -0.3 is 4.90 Å². The third-order valence-electron chi connectivity index (χ3n) is 10.6. The van der Waals surface area contributed by atoms with E-state index in [0.717, 1.165) is 19.4 Å². The number of rotatable bonds is 19. The van der Waals surface area contributed by atoms with Gasteiger partial charge in [0, 0.05) is 42.3 Å². The molecule has 3 aromatic heterocycles. The second-order valence-corrected chi connectivity index (χ2v) is 19.0. The molecule has 272 valence electrons. The van der Waals surface area contributed by atoms with Gasteiger partial charge in [0.2, 0.25) is 0 Å². The lowest BCUT2D eigenvalue weighted by Gasteiger charge is -2.25. The van der Waals surface area contributed by atoms with Gasteiger partial charge in [0.25, 0.3) is 0 Å². The van der Waals surface area contributed by atoms with Gasteiger partial charge in [-0.3, -0.25) is 0 Å². The molecule has 0 radical (unpaired) electrons. The van der Waals surface area contributed by atoms with Crippen molar-refractivity contribution in [1.29, 1.82) is 0 Å². The van der Waals surface area contributed by atoms with Gasteiger partial charge in [-0.05, 0) is 144 Å². The average molecular weight is 801 g/mol. The predicted molar refractivity (Wildman–Crippen MR) is 234 cm³/mol. The number of halogens is 1. The highest BCUT2D eigenvalue weighted by Crippen LogP contribution is 2.49. The largest absolute Gasteiger partial charge is 0.341 e. The first kappa shape index (κ1) is 38.5. The van der Waals surface area contributed by atoms with Gasteiger partial charge in [-0.2, -0.15) is 0 Å². The number of thiophene rings is 3. The number of nitrogens with zero attached hydrogens (tertiary/aromatic N) is 1. The number of aryl methyl sites for hydroxylation is 5. The van der Waals surface area contributed by atoms with Crippen molar-refractivity contribution in [2.24, 2.45) is 0 Å². The Morgan fingerprint density at radius 1 is 0.529 bits per heavy atom. The lowest BCUT2D eigenvalue weighted by molar-refractivity contribution is 0.667. The molecule has 0 saturated carbocycles. The first-order valence-corrected chi connectivity index (χ1v) is 23.3. The third kappa shape index (κ3) is 9.50. The van der Waals surface area contributed by atoms with E-state index in [0.29, 0.717) is 0 Å². The van der Waals surface area contributed by atoms with Crippen LogP contribution >= 0.6 is 49.9 Å². The molecule has 4 heterocycles. The number of benzene rings is 2. The standard InChI is InChI=1S/C46H58BrNS3/c1-5-9-12-15-21-36-30-41(35-27-28-40-34(29-35)26-25-33-20-18-19-24-39(33)48(40)8-4)49-44(36)42-31-37(22-16-13-10-6-2)45(50-42)43-32-38(46(47)51-43)23-17-14-11-7-3/h18-20,24,27-32H,5-17,21-23,25-26H2,1-4H3. The molecule has 0 N–H and O–H groups in total. The second-order valence-electron chi connectivity index (χ2n) is 14.5. The van der Waals surface area contributed by atoms with E-state index in [1.54, 1.807) is 11.1 Å². The van der Waals surface area contributed by atoms with Crippen molar-refractivity contribution in [2.45, 2.75) is 137 Å². The van der Waals surface area contributed by atoms with Gasteiger partial charge >= 0.3 is 0 Å². The molecule has 0 amide bonds. The van der Waals surface area contributed by atoms with E-state index in [1.807, 2.05) is 22.7 Å². The maximum absolute atomic E-state index is 3.98. The molecule has 0 unspecified atom stereocenters. The quantitative estimate of drug-likeness (QED) is 0.0752. The fraction of sp³-hybridized carbons (Fsp3) is 0.478. The Kier molecular flexibility index (Phi) is 14.5. The number of hydrogen-bond donors (Lipinski definition) is 0. The van der Waals surface area contributed by atoms with E-state index in [2.05, 4.69) is 121 Å². The first-order valence-electron chi connectivity index (χ1n) is 20.1. The van der Waals surface area contributed by atoms with Crippen LogP contribution in [0.15, 0.2) is 64.5 Å². The van der Waals surface area contributed by atoms with Crippen LogP contribution < -0.4 is 4.90 Å². The van der Waals surface area contributed by atoms with E-state index >= 15 is 0 Å². The van der Waals surface area contributed by atoms with Crippen LogP contribution in [0.25, 0.3) is 29.9 Å². The molecule has 0 saturated heterocycles. The molecule has 0 fully saturated rings. The summed E-state index contributed by atoms with van der Waals surface area (Å²) in [6.45, 7) is 10.2. The maximum Gasteiger partial charge on any atom is 0.0737 e. The highest BCUT2D eigenvalue weighted by atomic mass is 79.9. The fourth-order valence-corrected chi connectivity index (χ4v) is 12.2. The number of para-hydroxylation sites is 1. The summed E-state index contributed by atoms with van der Waals surface area (Å²) in [5, 5.41) is 0. The molecule has 51 heavy (non-hydrogen) atoms. The minimum atomic E-state index is 0.983. The van der Waals surface area contributed by atoms with Gasteiger partial charge in [0.15, 0.2) is 0 Å². The molecule has 5 aromatic rings. The average Bonchev–Trinajstić information content (AvgIpc) is 3.84. The monoisotopic (exact) mass is 799 g/mol. The van der Waals surface area contributed by atoms with E-state index in [1.165, 1.54) is 158 Å². The maximum atomic E-state index is 3.98. The first-order chi connectivity index (χ1) is 25.0. The van der Waals surface area contributed by atoms with Crippen LogP contribution in [0, 0.1) is 0 Å². The normalized spacial score (nSPS) is 12.7. The van der Waals surface area contributed by atoms with Crippen LogP contribution in [-0.4, -0.2) is 6.54 Å². The minimum Gasteiger partial charge on any atom is -0.341 e. The van der Waals surface area contributed by atoms with Crippen molar-refractivity contribution in [3.63, 3.8) is 0 Å². The van der Waals surface area contributed by atoms with Gasteiger partial charge in [-0.15, -0.1) is 34.0 Å². The molecule has 1 nitrogen and oxygen atoms in total. The summed E-state index contributed by atoms with van der Waals surface area (Å²) >= 11 is 10.1. The summed E-state index contributed by atoms with van der Waals surface area (Å²) < 4.78 is 1.34. The molecule has 0 atom stereocenters. The van der Waals surface area contributed by atoms with Crippen molar-refractivity contribution in [1.82, 2.24) is 0 Å². The molecule has 2 aromatic carbocycles. The molecule has 0 bridgehead atoms. The van der Waals surface area contributed by atoms with E-state index < -0.39 is 0 Å². The Hall–Kier alpha value is -2.18. The van der Waals surface area contributed by atoms with Crippen molar-refractivity contribution in [2.75, 3.05) is 11.4 Å². The smallest absolute Gasteiger partial charge is 0.0737 e. The summed E-state index contributed by atoms with van der Waals surface area (Å²) in [5.41, 5.74) is 11.7. The second kappa shape index (κ2) is 19.2. The molecular weight excluding hydrogens is 743 g/mol. The zero-order chi connectivity index (χ0) is 35.6. The van der Waals surface area contributed by atoms with Crippen molar-refractivity contribution in [3.05, 3.63) is 92.3 Å². The summed E-state index contributed by atoms with van der Waals surface area (Å²) in [6.07, 6.45) is 21.4. The van der Waals surface area contributed by atoms with E-state index in [-0.39, 0.29) is 0 Å². The zero-order valence-corrected chi connectivity index (χ0v) is 35.6. The van der Waals surface area contributed by atoms with Crippen molar-refractivity contribution in [3.8, 4) is 29.9 Å². The minimum absolute atomic E-state index is 0.983.